The van der Waals surface area contributed by atoms with Crippen molar-refractivity contribution in [3.63, 3.8) is 0 Å². The van der Waals surface area contributed by atoms with Gasteiger partial charge in [-0.25, -0.2) is 4.98 Å². The number of hydrogen-bond acceptors (Lipinski definition) is 6. The first-order valence-corrected chi connectivity index (χ1v) is 16.3. The molecule has 1 aliphatic rings. The third-order valence-electron chi connectivity index (χ3n) is 7.97. The van der Waals surface area contributed by atoms with E-state index in [-0.39, 0.29) is 17.3 Å². The summed E-state index contributed by atoms with van der Waals surface area (Å²) in [5.74, 6) is 1.43. The largest absolute Gasteiger partial charge is 0.616 e. The van der Waals surface area contributed by atoms with Gasteiger partial charge in [-0.15, -0.1) is 0 Å². The zero-order valence-electron chi connectivity index (χ0n) is 25.3. The molecule has 0 atom stereocenters. The molecule has 2 N–H and O–H groups in total. The minimum atomic E-state index is -0.727. The summed E-state index contributed by atoms with van der Waals surface area (Å²) >= 11 is -0.727. The monoisotopic (exact) mass is 597 g/mol. The van der Waals surface area contributed by atoms with E-state index in [4.69, 9.17) is 4.98 Å². The molecule has 9 heteroatoms. The average molecular weight is 598 g/mol. The van der Waals surface area contributed by atoms with Gasteiger partial charge in [0, 0.05) is 41.4 Å². The smallest absolute Gasteiger partial charge is 0.293 e. The molecule has 8 nitrogen and oxygen atoms in total. The maximum Gasteiger partial charge on any atom is 0.293 e. The van der Waals surface area contributed by atoms with E-state index in [0.29, 0.717) is 28.5 Å². The second kappa shape index (κ2) is 13.5. The molecule has 0 bridgehead atoms. The van der Waals surface area contributed by atoms with E-state index in [9.17, 15) is 14.1 Å². The lowest BCUT2D eigenvalue weighted by molar-refractivity contribution is 0.102. The topological polar surface area (TPSA) is 102 Å². The van der Waals surface area contributed by atoms with Crippen LogP contribution in [0.5, 0.6) is 0 Å². The number of rotatable bonds is 9. The fourth-order valence-electron chi connectivity index (χ4n) is 5.46. The number of aromatic nitrogens is 2. The Morgan fingerprint density at radius 1 is 1.02 bits per heavy atom. The van der Waals surface area contributed by atoms with Gasteiger partial charge in [0.15, 0.2) is 5.82 Å². The van der Waals surface area contributed by atoms with Crippen molar-refractivity contribution in [2.24, 2.45) is 7.05 Å². The summed E-state index contributed by atoms with van der Waals surface area (Å²) in [6, 6.07) is 19.5. The van der Waals surface area contributed by atoms with E-state index in [1.807, 2.05) is 61.5 Å². The Hall–Kier alpha value is -4.08. The predicted octanol–water partition coefficient (Wildman–Crippen LogP) is 5.84. The molecule has 5 rings (SSSR count). The Morgan fingerprint density at radius 3 is 2.47 bits per heavy atom. The lowest BCUT2D eigenvalue weighted by Gasteiger charge is -2.30. The van der Waals surface area contributed by atoms with Crippen molar-refractivity contribution < 1.29 is 9.35 Å². The van der Waals surface area contributed by atoms with Crippen LogP contribution in [-0.4, -0.2) is 44.6 Å². The zero-order valence-corrected chi connectivity index (χ0v) is 26.1. The molecule has 0 unspecified atom stereocenters. The molecule has 3 aromatic carbocycles. The first-order valence-electron chi connectivity index (χ1n) is 14.8. The third-order valence-corrected chi connectivity index (χ3v) is 9.25. The van der Waals surface area contributed by atoms with Crippen molar-refractivity contribution >= 4 is 40.0 Å². The van der Waals surface area contributed by atoms with Crippen LogP contribution in [0.1, 0.15) is 47.3 Å². The van der Waals surface area contributed by atoms with Gasteiger partial charge in [0.05, 0.1) is 18.8 Å². The van der Waals surface area contributed by atoms with Crippen molar-refractivity contribution in [2.75, 3.05) is 40.1 Å². The summed E-state index contributed by atoms with van der Waals surface area (Å²) in [7, 11) is 1.70. The molecule has 4 aromatic rings. The molecule has 1 amide bonds. The molecule has 0 aliphatic carbocycles. The molecule has 0 spiro atoms. The van der Waals surface area contributed by atoms with Crippen LogP contribution in [0.2, 0.25) is 0 Å². The minimum absolute atomic E-state index is 0.157. The average Bonchev–Trinajstić information content (AvgIpc) is 3.01. The minimum Gasteiger partial charge on any atom is -0.616 e. The molecule has 43 heavy (non-hydrogen) atoms. The summed E-state index contributed by atoms with van der Waals surface area (Å²) < 4.78 is 13.2. The normalized spacial score (nSPS) is 13.7. The summed E-state index contributed by atoms with van der Waals surface area (Å²) in [6.07, 6.45) is 4.66. The molecule has 2 heterocycles. The van der Waals surface area contributed by atoms with Crippen LogP contribution >= 0.6 is 0 Å². The van der Waals surface area contributed by atoms with Gasteiger partial charge in [0.1, 0.15) is 11.5 Å². The highest BCUT2D eigenvalue weighted by atomic mass is 32.2. The summed E-state index contributed by atoms with van der Waals surface area (Å²) in [5, 5.41) is 6.27. The molecule has 1 aliphatic heterocycles. The fourth-order valence-corrected chi connectivity index (χ4v) is 6.51. The predicted molar refractivity (Wildman–Crippen MR) is 177 cm³/mol. The maximum absolute atomic E-state index is 13.2. The van der Waals surface area contributed by atoms with Gasteiger partial charge < -0.3 is 24.7 Å². The number of benzene rings is 3. The first-order chi connectivity index (χ1) is 20.8. The molecule has 0 saturated carbocycles. The van der Waals surface area contributed by atoms with Crippen LogP contribution in [0.4, 0.5) is 22.9 Å². The van der Waals surface area contributed by atoms with E-state index >= 15 is 0 Å². The first kappa shape index (κ1) is 30.4. The standard InChI is InChI=1S/C34H39N5O3S/c1-5-8-25-11-12-26(21-24(25)6-2)33(40)37-30-10-7-9-29(23(30)3)31-22-38(4)34(41)32(36-31)35-27-13-15-28(16-14-27)39-17-19-43(42)20-18-39/h7,9-16,21-22H,5-6,8,17-20H2,1-4H3,(H,35,36)(H,37,40). The van der Waals surface area contributed by atoms with Gasteiger partial charge >= 0.3 is 0 Å². The van der Waals surface area contributed by atoms with Crippen molar-refractivity contribution in [1.29, 1.82) is 0 Å². The molecular formula is C34H39N5O3S. The lowest BCUT2D eigenvalue weighted by Crippen LogP contribution is -2.40. The molecular weight excluding hydrogens is 558 g/mol. The fraction of sp³-hybridized carbons (Fsp3) is 0.324. The molecule has 1 fully saturated rings. The van der Waals surface area contributed by atoms with E-state index in [2.05, 4.69) is 35.4 Å². The second-order valence-electron chi connectivity index (χ2n) is 10.9. The number of amides is 1. The van der Waals surface area contributed by atoms with Crippen LogP contribution in [0.3, 0.4) is 0 Å². The zero-order chi connectivity index (χ0) is 30.5. The van der Waals surface area contributed by atoms with Crippen molar-refractivity contribution in [2.45, 2.75) is 40.0 Å². The number of aryl methyl sites for hydroxylation is 3. The number of nitrogens with one attached hydrogen (secondary N) is 2. The summed E-state index contributed by atoms with van der Waals surface area (Å²) in [4.78, 5) is 33.2. The van der Waals surface area contributed by atoms with E-state index in [1.54, 1.807) is 13.2 Å². The lowest BCUT2D eigenvalue weighted by atomic mass is 9.98. The third kappa shape index (κ3) is 6.95. The van der Waals surface area contributed by atoms with Crippen LogP contribution in [0.15, 0.2) is 71.7 Å². The van der Waals surface area contributed by atoms with Gasteiger partial charge in [-0.05, 0) is 78.9 Å². The highest BCUT2D eigenvalue weighted by Crippen LogP contribution is 2.29. The van der Waals surface area contributed by atoms with Gasteiger partial charge in [0.25, 0.3) is 11.5 Å². The van der Waals surface area contributed by atoms with Gasteiger partial charge in [-0.3, -0.25) is 9.59 Å². The Bertz CT molecular complexity index is 1660. The Kier molecular flexibility index (Phi) is 9.52. The maximum atomic E-state index is 13.2. The van der Waals surface area contributed by atoms with E-state index < -0.39 is 11.2 Å². The Labute approximate surface area is 256 Å². The number of hydrogen-bond donors (Lipinski definition) is 2. The van der Waals surface area contributed by atoms with Crippen LogP contribution in [-0.2, 0) is 31.1 Å². The van der Waals surface area contributed by atoms with Gasteiger partial charge in [-0.2, -0.15) is 0 Å². The Morgan fingerprint density at radius 2 is 1.77 bits per heavy atom. The van der Waals surface area contributed by atoms with Crippen molar-refractivity contribution in [3.8, 4) is 11.3 Å². The highest BCUT2D eigenvalue weighted by molar-refractivity contribution is 7.91. The van der Waals surface area contributed by atoms with Gasteiger partial charge in [0.2, 0.25) is 0 Å². The SMILES string of the molecule is CCCc1ccc(C(=O)Nc2cccc(-c3cn(C)c(=O)c(Nc4ccc(N5CC[S+]([O-])CC5)cc4)n3)c2C)cc1CC. The van der Waals surface area contributed by atoms with E-state index in [0.717, 1.165) is 54.9 Å². The van der Waals surface area contributed by atoms with Crippen LogP contribution in [0, 0.1) is 6.92 Å². The Balaban J connectivity index is 1.36. The highest BCUT2D eigenvalue weighted by Gasteiger charge is 2.20. The molecule has 1 aromatic heterocycles. The van der Waals surface area contributed by atoms with Crippen molar-refractivity contribution in [3.05, 3.63) is 99.5 Å². The quantitative estimate of drug-likeness (QED) is 0.235. The number of carbonyl (C=O) groups excluding carboxylic acids is 1. The molecule has 224 valence electrons. The van der Waals surface area contributed by atoms with Crippen molar-refractivity contribution in [1.82, 2.24) is 9.55 Å². The van der Waals surface area contributed by atoms with E-state index in [1.165, 1.54) is 15.7 Å². The molecule has 0 radical (unpaired) electrons. The number of anilines is 4. The molecule has 1 saturated heterocycles. The number of nitrogens with zero attached hydrogens (tertiary/aromatic N) is 3. The van der Waals surface area contributed by atoms with Crippen LogP contribution < -0.4 is 21.1 Å². The van der Waals surface area contributed by atoms with Gasteiger partial charge in [-0.1, -0.05) is 49.6 Å². The summed E-state index contributed by atoms with van der Waals surface area (Å²) in [5.41, 5.74) is 7.69. The summed E-state index contributed by atoms with van der Waals surface area (Å²) in [6.45, 7) is 7.76. The second-order valence-corrected chi connectivity index (χ2v) is 12.6. The number of carbonyl (C=O) groups is 1. The van der Waals surface area contributed by atoms with Crippen LogP contribution in [0.25, 0.3) is 11.3 Å².